The molecule has 1 aliphatic carbocycles. The highest BCUT2D eigenvalue weighted by molar-refractivity contribution is 6.24. The number of fused-ring (bicyclic) bond motifs is 3. The minimum absolute atomic E-state index is 0.438. The molecule has 0 amide bonds. The lowest BCUT2D eigenvalue weighted by atomic mass is 10.1. The van der Waals surface area contributed by atoms with Gasteiger partial charge in [-0.2, -0.15) is 0 Å². The average Bonchev–Trinajstić information content (AvgIpc) is 2.74. The van der Waals surface area contributed by atoms with E-state index in [0.717, 1.165) is 16.8 Å². The van der Waals surface area contributed by atoms with Crippen molar-refractivity contribution in [3.63, 3.8) is 0 Å². The van der Waals surface area contributed by atoms with Crippen molar-refractivity contribution in [1.82, 2.24) is 0 Å². The van der Waals surface area contributed by atoms with E-state index < -0.39 is 0 Å². The minimum atomic E-state index is 0.438. The Hall–Kier alpha value is -2.13. The van der Waals surface area contributed by atoms with Gasteiger partial charge in [0.25, 0.3) is 0 Å². The van der Waals surface area contributed by atoms with Crippen LogP contribution in [0.3, 0.4) is 0 Å². The molecular weight excluding hydrogens is 224 g/mol. The van der Waals surface area contributed by atoms with Crippen LogP contribution < -0.4 is 5.73 Å². The van der Waals surface area contributed by atoms with Crippen molar-refractivity contribution in [3.8, 4) is 11.1 Å². The molecule has 0 atom stereocenters. The van der Waals surface area contributed by atoms with Crippen LogP contribution in [0.4, 0.5) is 0 Å². The molecular formula is C15H14N2O. The molecule has 90 valence electrons. The molecule has 0 aromatic heterocycles. The molecule has 0 spiro atoms. The van der Waals surface area contributed by atoms with Crippen LogP contribution in [0.25, 0.3) is 11.1 Å². The van der Waals surface area contributed by atoms with Gasteiger partial charge in [0.05, 0.1) is 0 Å². The van der Waals surface area contributed by atoms with Gasteiger partial charge in [0, 0.05) is 17.7 Å². The van der Waals surface area contributed by atoms with E-state index in [4.69, 9.17) is 10.6 Å². The second-order valence-electron chi connectivity index (χ2n) is 4.15. The van der Waals surface area contributed by atoms with Gasteiger partial charge >= 0.3 is 0 Å². The number of hydrogen-bond acceptors (Lipinski definition) is 3. The number of rotatable bonds is 3. The number of nitrogens with zero attached hydrogens (tertiary/aromatic N) is 1. The molecule has 3 nitrogen and oxygen atoms in total. The smallest absolute Gasteiger partial charge is 0.129 e. The summed E-state index contributed by atoms with van der Waals surface area (Å²) < 4.78 is 0. The summed E-state index contributed by atoms with van der Waals surface area (Å²) in [6.45, 7) is 0.911. The fourth-order valence-corrected chi connectivity index (χ4v) is 2.26. The molecule has 2 aromatic rings. The first-order valence-corrected chi connectivity index (χ1v) is 6.01. The quantitative estimate of drug-likeness (QED) is 0.562. The first-order valence-electron chi connectivity index (χ1n) is 6.01. The van der Waals surface area contributed by atoms with E-state index in [1.165, 1.54) is 11.1 Å². The molecule has 18 heavy (non-hydrogen) atoms. The molecule has 3 rings (SSSR count). The minimum Gasteiger partial charge on any atom is -0.394 e. The van der Waals surface area contributed by atoms with Gasteiger partial charge in [-0.1, -0.05) is 53.7 Å². The summed E-state index contributed by atoms with van der Waals surface area (Å²) >= 11 is 0. The molecule has 0 saturated heterocycles. The van der Waals surface area contributed by atoms with Crippen molar-refractivity contribution in [3.05, 3.63) is 59.7 Å². The summed E-state index contributed by atoms with van der Waals surface area (Å²) in [5, 5.41) is 4.23. The Morgan fingerprint density at radius 2 is 1.33 bits per heavy atom. The van der Waals surface area contributed by atoms with Crippen LogP contribution in [0.1, 0.15) is 11.1 Å². The largest absolute Gasteiger partial charge is 0.394 e. The fourth-order valence-electron chi connectivity index (χ4n) is 2.26. The summed E-state index contributed by atoms with van der Waals surface area (Å²) in [5.74, 6) is 0. The van der Waals surface area contributed by atoms with Crippen molar-refractivity contribution in [2.45, 2.75) is 0 Å². The van der Waals surface area contributed by atoms with E-state index >= 15 is 0 Å². The highest BCUT2D eigenvalue weighted by Gasteiger charge is 2.24. The fraction of sp³-hybridized carbons (Fsp3) is 0.133. The maximum Gasteiger partial charge on any atom is 0.129 e. The molecule has 0 aliphatic heterocycles. The first kappa shape index (κ1) is 11.0. The van der Waals surface area contributed by atoms with Crippen molar-refractivity contribution in [1.29, 1.82) is 0 Å². The normalized spacial score (nSPS) is 11.9. The average molecular weight is 238 g/mol. The van der Waals surface area contributed by atoms with Crippen molar-refractivity contribution in [2.75, 3.05) is 13.2 Å². The van der Waals surface area contributed by atoms with E-state index in [2.05, 4.69) is 29.4 Å². The van der Waals surface area contributed by atoms with E-state index in [0.29, 0.717) is 13.2 Å². The molecule has 1 aliphatic rings. The van der Waals surface area contributed by atoms with Crippen LogP contribution in [0, 0.1) is 0 Å². The third-order valence-electron chi connectivity index (χ3n) is 3.02. The predicted octanol–water partition coefficient (Wildman–Crippen LogP) is 2.39. The predicted molar refractivity (Wildman–Crippen MR) is 72.5 cm³/mol. The van der Waals surface area contributed by atoms with Crippen molar-refractivity contribution in [2.24, 2.45) is 10.9 Å². The molecule has 0 unspecified atom stereocenters. The highest BCUT2D eigenvalue weighted by atomic mass is 16.6. The molecule has 2 aromatic carbocycles. The van der Waals surface area contributed by atoms with Gasteiger partial charge in [-0.3, -0.25) is 0 Å². The summed E-state index contributed by atoms with van der Waals surface area (Å²) in [4.78, 5) is 5.24. The van der Waals surface area contributed by atoms with Gasteiger partial charge in [0.1, 0.15) is 12.3 Å². The van der Waals surface area contributed by atoms with Gasteiger partial charge in [-0.15, -0.1) is 0 Å². The lowest BCUT2D eigenvalue weighted by Crippen LogP contribution is -2.07. The third-order valence-corrected chi connectivity index (χ3v) is 3.02. The third kappa shape index (κ3) is 1.69. The van der Waals surface area contributed by atoms with Gasteiger partial charge in [-0.25, -0.2) is 0 Å². The maximum atomic E-state index is 5.41. The zero-order valence-corrected chi connectivity index (χ0v) is 9.97. The van der Waals surface area contributed by atoms with Crippen molar-refractivity contribution < 1.29 is 4.84 Å². The summed E-state index contributed by atoms with van der Waals surface area (Å²) in [7, 11) is 0. The molecule has 2 N–H and O–H groups in total. The number of nitrogens with two attached hydrogens (primary N) is 1. The monoisotopic (exact) mass is 238 g/mol. The van der Waals surface area contributed by atoms with Crippen LogP contribution >= 0.6 is 0 Å². The Kier molecular flexibility index (Phi) is 2.82. The Labute approximate surface area is 106 Å². The standard InChI is InChI=1S/C15H14N2O/c16-9-10-18-17-15-13-7-3-1-5-11(13)12-6-2-4-8-14(12)15/h1-8H,9-10,16H2. The van der Waals surface area contributed by atoms with Crippen LogP contribution in [-0.4, -0.2) is 18.9 Å². The number of hydrogen-bond donors (Lipinski definition) is 1. The zero-order valence-electron chi connectivity index (χ0n) is 9.97. The van der Waals surface area contributed by atoms with E-state index in [1.807, 2.05) is 24.3 Å². The molecule has 0 fully saturated rings. The second kappa shape index (κ2) is 4.63. The van der Waals surface area contributed by atoms with Crippen LogP contribution in [0.15, 0.2) is 53.7 Å². The lowest BCUT2D eigenvalue weighted by Gasteiger charge is -2.01. The SMILES string of the molecule is NCCON=C1c2ccccc2-c2ccccc21. The Morgan fingerprint density at radius 3 is 1.83 bits per heavy atom. The Morgan fingerprint density at radius 1 is 0.833 bits per heavy atom. The topological polar surface area (TPSA) is 47.6 Å². The van der Waals surface area contributed by atoms with Crippen LogP contribution in [-0.2, 0) is 4.84 Å². The van der Waals surface area contributed by atoms with Gasteiger partial charge in [0.2, 0.25) is 0 Å². The Balaban J connectivity index is 2.12. The highest BCUT2D eigenvalue weighted by Crippen LogP contribution is 2.36. The van der Waals surface area contributed by atoms with Gasteiger partial charge in [0.15, 0.2) is 0 Å². The van der Waals surface area contributed by atoms with Crippen LogP contribution in [0.2, 0.25) is 0 Å². The summed E-state index contributed by atoms with van der Waals surface area (Å²) in [6, 6.07) is 16.5. The van der Waals surface area contributed by atoms with E-state index in [1.54, 1.807) is 0 Å². The molecule has 3 heteroatoms. The molecule has 0 radical (unpaired) electrons. The first-order chi connectivity index (χ1) is 8.92. The lowest BCUT2D eigenvalue weighted by molar-refractivity contribution is 0.152. The van der Waals surface area contributed by atoms with Crippen molar-refractivity contribution >= 4 is 5.71 Å². The van der Waals surface area contributed by atoms with E-state index in [9.17, 15) is 0 Å². The second-order valence-corrected chi connectivity index (χ2v) is 4.15. The summed E-state index contributed by atoms with van der Waals surface area (Å²) in [6.07, 6.45) is 0. The maximum absolute atomic E-state index is 5.41. The number of oxime groups is 1. The zero-order chi connectivity index (χ0) is 12.4. The number of benzene rings is 2. The van der Waals surface area contributed by atoms with Gasteiger partial charge in [-0.05, 0) is 11.1 Å². The van der Waals surface area contributed by atoms with Crippen LogP contribution in [0.5, 0.6) is 0 Å². The molecule has 0 bridgehead atoms. The summed E-state index contributed by atoms with van der Waals surface area (Å²) in [5.41, 5.74) is 11.0. The van der Waals surface area contributed by atoms with E-state index in [-0.39, 0.29) is 0 Å². The molecule has 0 heterocycles. The molecule has 0 saturated carbocycles. The van der Waals surface area contributed by atoms with Gasteiger partial charge < -0.3 is 10.6 Å². The Bertz CT molecular complexity index is 557.